The highest BCUT2D eigenvalue weighted by atomic mass is 35.5. The average molecular weight is 420 g/mol. The van der Waals surface area contributed by atoms with Crippen LogP contribution in [0, 0.1) is 12.7 Å². The van der Waals surface area contributed by atoms with Gasteiger partial charge >= 0.3 is 12.0 Å². The smallest absolute Gasteiger partial charge is 0.327 e. The van der Waals surface area contributed by atoms with Gasteiger partial charge in [-0.1, -0.05) is 29.8 Å². The van der Waals surface area contributed by atoms with Crippen molar-refractivity contribution in [3.05, 3.63) is 64.4 Å². The summed E-state index contributed by atoms with van der Waals surface area (Å²) in [5.41, 5.74) is 1.67. The number of urea groups is 1. The van der Waals surface area contributed by atoms with Crippen molar-refractivity contribution in [1.82, 2.24) is 9.80 Å². The molecule has 3 rings (SSSR count). The fraction of sp³-hybridized carbons (Fsp3) is 0.333. The van der Waals surface area contributed by atoms with Crippen LogP contribution in [-0.2, 0) is 9.53 Å². The minimum atomic E-state index is -0.599. The Morgan fingerprint density at radius 3 is 2.48 bits per heavy atom. The summed E-state index contributed by atoms with van der Waals surface area (Å²) in [6.07, 6.45) is 0. The van der Waals surface area contributed by atoms with E-state index in [0.717, 1.165) is 11.1 Å². The third-order valence-corrected chi connectivity index (χ3v) is 5.16. The fourth-order valence-electron chi connectivity index (χ4n) is 3.38. The minimum Gasteiger partial charge on any atom is -0.468 e. The summed E-state index contributed by atoms with van der Waals surface area (Å²) in [6, 6.07) is 10.8. The second-order valence-electron chi connectivity index (χ2n) is 6.92. The van der Waals surface area contributed by atoms with E-state index in [2.05, 4.69) is 5.32 Å². The molecule has 0 aliphatic carbocycles. The molecule has 1 N–H and O–H groups in total. The SMILES string of the molecule is COC(=O)C(c1cccc(Cl)c1)N1CCN(C(=O)Nc2ccc(C)cc2F)CC1. The first kappa shape index (κ1) is 21.1. The molecule has 6 nitrogen and oxygen atoms in total. The van der Waals surface area contributed by atoms with Crippen molar-refractivity contribution in [1.29, 1.82) is 0 Å². The number of aryl methyl sites for hydroxylation is 1. The Bertz CT molecular complexity index is 900. The number of rotatable bonds is 4. The van der Waals surface area contributed by atoms with Gasteiger partial charge in [0.1, 0.15) is 11.9 Å². The zero-order chi connectivity index (χ0) is 21.0. The normalized spacial score (nSPS) is 15.7. The quantitative estimate of drug-likeness (QED) is 0.764. The highest BCUT2D eigenvalue weighted by Crippen LogP contribution is 2.26. The highest BCUT2D eigenvalue weighted by molar-refractivity contribution is 6.30. The Balaban J connectivity index is 1.66. The number of hydrogen-bond acceptors (Lipinski definition) is 4. The first-order chi connectivity index (χ1) is 13.9. The van der Waals surface area contributed by atoms with E-state index in [1.807, 2.05) is 11.0 Å². The second kappa shape index (κ2) is 9.24. The number of nitrogens with one attached hydrogen (secondary N) is 1. The van der Waals surface area contributed by atoms with Crippen LogP contribution in [0.3, 0.4) is 0 Å². The molecule has 1 saturated heterocycles. The van der Waals surface area contributed by atoms with E-state index in [9.17, 15) is 14.0 Å². The number of carbonyl (C=O) groups is 2. The zero-order valence-electron chi connectivity index (χ0n) is 16.3. The van der Waals surface area contributed by atoms with Gasteiger partial charge in [-0.2, -0.15) is 0 Å². The summed E-state index contributed by atoms with van der Waals surface area (Å²) in [5.74, 6) is -0.851. The molecule has 1 aliphatic rings. The summed E-state index contributed by atoms with van der Waals surface area (Å²) in [7, 11) is 1.35. The van der Waals surface area contributed by atoms with Crippen molar-refractivity contribution >= 4 is 29.3 Å². The van der Waals surface area contributed by atoms with Gasteiger partial charge in [-0.05, 0) is 42.3 Å². The first-order valence-electron chi connectivity index (χ1n) is 9.28. The number of esters is 1. The van der Waals surface area contributed by atoms with Crippen LogP contribution in [-0.4, -0.2) is 55.1 Å². The number of nitrogens with zero attached hydrogens (tertiary/aromatic N) is 2. The van der Waals surface area contributed by atoms with Crippen molar-refractivity contribution in [3.63, 3.8) is 0 Å². The van der Waals surface area contributed by atoms with Gasteiger partial charge in [-0.15, -0.1) is 0 Å². The van der Waals surface area contributed by atoms with Crippen LogP contribution in [0.5, 0.6) is 0 Å². The maximum atomic E-state index is 14.0. The molecule has 2 amide bonds. The van der Waals surface area contributed by atoms with Crippen molar-refractivity contribution in [2.75, 3.05) is 38.6 Å². The number of ether oxygens (including phenoxy) is 1. The van der Waals surface area contributed by atoms with Crippen molar-refractivity contribution < 1.29 is 18.7 Å². The van der Waals surface area contributed by atoms with Crippen LogP contribution in [0.2, 0.25) is 5.02 Å². The lowest BCUT2D eigenvalue weighted by molar-refractivity contribution is -0.148. The Morgan fingerprint density at radius 1 is 1.14 bits per heavy atom. The Morgan fingerprint density at radius 2 is 1.86 bits per heavy atom. The summed E-state index contributed by atoms with van der Waals surface area (Å²) in [5, 5.41) is 3.15. The van der Waals surface area contributed by atoms with Gasteiger partial charge in [0.2, 0.25) is 0 Å². The molecule has 2 aromatic rings. The van der Waals surface area contributed by atoms with E-state index in [1.54, 1.807) is 42.2 Å². The molecule has 1 unspecified atom stereocenters. The highest BCUT2D eigenvalue weighted by Gasteiger charge is 2.32. The monoisotopic (exact) mass is 419 g/mol. The lowest BCUT2D eigenvalue weighted by Crippen LogP contribution is -2.52. The predicted octanol–water partition coefficient (Wildman–Crippen LogP) is 3.85. The summed E-state index contributed by atoms with van der Waals surface area (Å²) >= 11 is 6.08. The van der Waals surface area contributed by atoms with E-state index >= 15 is 0 Å². The van der Waals surface area contributed by atoms with Gasteiger partial charge in [0.25, 0.3) is 0 Å². The molecule has 1 atom stereocenters. The van der Waals surface area contributed by atoms with Gasteiger partial charge in [-0.25, -0.2) is 14.0 Å². The van der Waals surface area contributed by atoms with Crippen LogP contribution in [0.1, 0.15) is 17.2 Å². The summed E-state index contributed by atoms with van der Waals surface area (Å²) in [6.45, 7) is 3.51. The summed E-state index contributed by atoms with van der Waals surface area (Å²) < 4.78 is 19.0. The van der Waals surface area contributed by atoms with Gasteiger partial charge in [0.05, 0.1) is 12.8 Å². The van der Waals surface area contributed by atoms with Gasteiger partial charge < -0.3 is 15.0 Å². The second-order valence-corrected chi connectivity index (χ2v) is 7.35. The van der Waals surface area contributed by atoms with Crippen molar-refractivity contribution in [3.8, 4) is 0 Å². The van der Waals surface area contributed by atoms with E-state index in [0.29, 0.717) is 31.2 Å². The Labute approximate surface area is 174 Å². The predicted molar refractivity (Wildman–Crippen MR) is 110 cm³/mol. The average Bonchev–Trinajstić information content (AvgIpc) is 2.70. The number of methoxy groups -OCH3 is 1. The number of amides is 2. The largest absolute Gasteiger partial charge is 0.468 e. The minimum absolute atomic E-state index is 0.148. The van der Waals surface area contributed by atoms with Gasteiger partial charge in [0, 0.05) is 31.2 Å². The molecule has 1 heterocycles. The van der Waals surface area contributed by atoms with Crippen molar-refractivity contribution in [2.45, 2.75) is 13.0 Å². The van der Waals surface area contributed by atoms with Gasteiger partial charge in [-0.3, -0.25) is 4.90 Å². The van der Waals surface area contributed by atoms with Crippen LogP contribution in [0.4, 0.5) is 14.9 Å². The molecule has 1 fully saturated rings. The van der Waals surface area contributed by atoms with E-state index in [1.165, 1.54) is 13.2 Å². The topological polar surface area (TPSA) is 61.9 Å². The van der Waals surface area contributed by atoms with Crippen LogP contribution in [0.25, 0.3) is 0 Å². The fourth-order valence-corrected chi connectivity index (χ4v) is 3.58. The van der Waals surface area contributed by atoms with Gasteiger partial charge in [0.15, 0.2) is 0 Å². The lowest BCUT2D eigenvalue weighted by atomic mass is 10.0. The Kier molecular flexibility index (Phi) is 6.71. The van der Waals surface area contributed by atoms with Crippen molar-refractivity contribution in [2.24, 2.45) is 0 Å². The lowest BCUT2D eigenvalue weighted by Gasteiger charge is -2.38. The van der Waals surface area contributed by atoms with Crippen LogP contribution >= 0.6 is 11.6 Å². The number of hydrogen-bond donors (Lipinski definition) is 1. The zero-order valence-corrected chi connectivity index (χ0v) is 17.1. The maximum Gasteiger partial charge on any atom is 0.327 e. The third kappa shape index (κ3) is 5.05. The number of benzene rings is 2. The van der Waals surface area contributed by atoms with Crippen LogP contribution in [0.15, 0.2) is 42.5 Å². The van der Waals surface area contributed by atoms with E-state index in [4.69, 9.17) is 16.3 Å². The molecule has 2 aromatic carbocycles. The van der Waals surface area contributed by atoms with Crippen LogP contribution < -0.4 is 5.32 Å². The summed E-state index contributed by atoms with van der Waals surface area (Å²) in [4.78, 5) is 28.5. The molecular formula is C21H23ClFN3O3. The molecule has 1 aliphatic heterocycles. The Hall–Kier alpha value is -2.64. The number of anilines is 1. The standard InChI is InChI=1S/C21H23ClFN3O3/c1-14-6-7-18(17(23)12-14)24-21(28)26-10-8-25(9-11-26)19(20(27)29-2)15-4-3-5-16(22)13-15/h3-7,12-13,19H,8-11H2,1-2H3,(H,24,28). The molecule has 154 valence electrons. The molecule has 0 saturated carbocycles. The number of piperazine rings is 1. The number of halogens is 2. The first-order valence-corrected chi connectivity index (χ1v) is 9.66. The molecule has 0 aromatic heterocycles. The maximum absolute atomic E-state index is 14.0. The van der Waals surface area contributed by atoms with E-state index < -0.39 is 11.9 Å². The van der Waals surface area contributed by atoms with E-state index in [-0.39, 0.29) is 17.7 Å². The molecule has 0 bridgehead atoms. The third-order valence-electron chi connectivity index (χ3n) is 4.92. The molecule has 29 heavy (non-hydrogen) atoms. The molecule has 0 radical (unpaired) electrons. The molecule has 0 spiro atoms. The number of carbonyl (C=O) groups excluding carboxylic acids is 2. The molecule has 8 heteroatoms. The molecular weight excluding hydrogens is 397 g/mol.